The van der Waals surface area contributed by atoms with Gasteiger partial charge in [-0.15, -0.1) is 0 Å². The summed E-state index contributed by atoms with van der Waals surface area (Å²) < 4.78 is 10.5. The molecule has 1 amide bonds. The second-order valence-electron chi connectivity index (χ2n) is 7.43. The number of carbonyl (C=O) groups is 2. The first-order valence-corrected chi connectivity index (χ1v) is 10.2. The van der Waals surface area contributed by atoms with Crippen molar-refractivity contribution in [2.45, 2.75) is 6.04 Å². The van der Waals surface area contributed by atoms with Gasteiger partial charge in [-0.3, -0.25) is 19.5 Å². The first-order chi connectivity index (χ1) is 15.1. The normalized spacial score (nSPS) is 21.5. The average molecular weight is 423 g/mol. The Morgan fingerprint density at radius 2 is 1.87 bits per heavy atom. The van der Waals surface area contributed by atoms with Gasteiger partial charge in [-0.2, -0.15) is 0 Å². The molecule has 3 heterocycles. The summed E-state index contributed by atoms with van der Waals surface area (Å²) in [4.78, 5) is 34.0. The number of ketones is 1. The fourth-order valence-corrected chi connectivity index (χ4v) is 3.93. The third-order valence-electron chi connectivity index (χ3n) is 5.63. The lowest BCUT2D eigenvalue weighted by atomic mass is 9.98. The minimum absolute atomic E-state index is 0.0517. The number of morpholine rings is 1. The summed E-state index contributed by atoms with van der Waals surface area (Å²) in [6.45, 7) is 3.83. The fraction of sp³-hybridized carbons (Fsp3) is 0.348. The molecule has 1 aromatic carbocycles. The van der Waals surface area contributed by atoms with Gasteiger partial charge in [0.05, 0.1) is 31.6 Å². The summed E-state index contributed by atoms with van der Waals surface area (Å²) >= 11 is 0. The van der Waals surface area contributed by atoms with E-state index in [1.165, 1.54) is 4.90 Å². The molecule has 1 aromatic heterocycles. The summed E-state index contributed by atoms with van der Waals surface area (Å²) in [7, 11) is 1.55. The molecular formula is C23H25N3O5. The molecule has 2 aliphatic rings. The number of aliphatic hydroxyl groups excluding tert-OH is 1. The minimum Gasteiger partial charge on any atom is -0.507 e. The molecule has 1 N–H and O–H groups in total. The van der Waals surface area contributed by atoms with Crippen molar-refractivity contribution in [3.63, 3.8) is 0 Å². The third kappa shape index (κ3) is 4.30. The summed E-state index contributed by atoms with van der Waals surface area (Å²) in [6, 6.07) is 11.3. The standard InChI is InChI=1S/C23H25N3O5/c1-30-17-7-5-16(6-8-17)21(27)19-20(18-4-2-3-9-24-18)26(23(29)22(19)28)11-10-25-12-14-31-15-13-25/h2-9,20,27H,10-15H2,1H3. The van der Waals surface area contributed by atoms with E-state index in [9.17, 15) is 14.7 Å². The maximum absolute atomic E-state index is 13.0. The second kappa shape index (κ2) is 9.28. The van der Waals surface area contributed by atoms with Crippen LogP contribution in [0.2, 0.25) is 0 Å². The highest BCUT2D eigenvalue weighted by molar-refractivity contribution is 6.46. The molecular weight excluding hydrogens is 398 g/mol. The van der Waals surface area contributed by atoms with Gasteiger partial charge >= 0.3 is 0 Å². The summed E-state index contributed by atoms with van der Waals surface area (Å²) in [6.07, 6.45) is 1.62. The average Bonchev–Trinajstić information content (AvgIpc) is 3.08. The van der Waals surface area contributed by atoms with Crippen LogP contribution in [0.4, 0.5) is 0 Å². The largest absolute Gasteiger partial charge is 0.507 e. The van der Waals surface area contributed by atoms with E-state index in [0.717, 1.165) is 13.1 Å². The van der Waals surface area contributed by atoms with Crippen molar-refractivity contribution in [3.05, 3.63) is 65.5 Å². The Kier molecular flexibility index (Phi) is 6.29. The van der Waals surface area contributed by atoms with Crippen LogP contribution in [0.3, 0.4) is 0 Å². The van der Waals surface area contributed by atoms with E-state index >= 15 is 0 Å². The molecule has 2 fully saturated rings. The monoisotopic (exact) mass is 423 g/mol. The van der Waals surface area contributed by atoms with Gasteiger partial charge in [-0.05, 0) is 36.4 Å². The summed E-state index contributed by atoms with van der Waals surface area (Å²) in [5.41, 5.74) is 1.03. The van der Waals surface area contributed by atoms with Crippen LogP contribution < -0.4 is 4.74 Å². The number of pyridine rings is 1. The Labute approximate surface area is 180 Å². The molecule has 0 bridgehead atoms. The molecule has 1 unspecified atom stereocenters. The Morgan fingerprint density at radius 3 is 2.52 bits per heavy atom. The zero-order valence-corrected chi connectivity index (χ0v) is 17.4. The van der Waals surface area contributed by atoms with Crippen LogP contribution in [-0.4, -0.2) is 78.1 Å². The molecule has 8 heteroatoms. The highest BCUT2D eigenvalue weighted by Gasteiger charge is 2.46. The van der Waals surface area contributed by atoms with Crippen molar-refractivity contribution in [2.24, 2.45) is 0 Å². The number of likely N-dealkylation sites (tertiary alicyclic amines) is 1. The minimum atomic E-state index is -0.746. The number of nitrogens with zero attached hydrogens (tertiary/aromatic N) is 3. The topological polar surface area (TPSA) is 92.2 Å². The number of amides is 1. The quantitative estimate of drug-likeness (QED) is 0.431. The Morgan fingerprint density at radius 1 is 1.13 bits per heavy atom. The molecule has 162 valence electrons. The molecule has 0 radical (unpaired) electrons. The molecule has 1 atom stereocenters. The zero-order valence-electron chi connectivity index (χ0n) is 17.4. The van der Waals surface area contributed by atoms with E-state index in [1.54, 1.807) is 55.8 Å². The van der Waals surface area contributed by atoms with Gasteiger partial charge in [0.2, 0.25) is 0 Å². The van der Waals surface area contributed by atoms with Gasteiger partial charge in [0.1, 0.15) is 17.6 Å². The van der Waals surface area contributed by atoms with Crippen LogP contribution in [0, 0.1) is 0 Å². The number of hydrogen-bond acceptors (Lipinski definition) is 7. The van der Waals surface area contributed by atoms with Crippen LogP contribution in [0.15, 0.2) is 54.2 Å². The highest BCUT2D eigenvalue weighted by Crippen LogP contribution is 2.38. The van der Waals surface area contributed by atoms with Crippen LogP contribution in [0.1, 0.15) is 17.3 Å². The number of carbonyl (C=O) groups excluding carboxylic acids is 2. The first-order valence-electron chi connectivity index (χ1n) is 10.2. The number of benzene rings is 1. The van der Waals surface area contributed by atoms with E-state index in [0.29, 0.717) is 43.3 Å². The van der Waals surface area contributed by atoms with Gasteiger partial charge in [-0.25, -0.2) is 0 Å². The third-order valence-corrected chi connectivity index (χ3v) is 5.63. The van der Waals surface area contributed by atoms with Gasteiger partial charge in [-0.1, -0.05) is 6.07 Å². The van der Waals surface area contributed by atoms with E-state index in [1.807, 2.05) is 0 Å². The van der Waals surface area contributed by atoms with E-state index in [4.69, 9.17) is 9.47 Å². The molecule has 0 saturated carbocycles. The summed E-state index contributed by atoms with van der Waals surface area (Å²) in [5, 5.41) is 11.0. The van der Waals surface area contributed by atoms with Crippen molar-refractivity contribution < 1.29 is 24.2 Å². The predicted molar refractivity (Wildman–Crippen MR) is 113 cm³/mol. The lowest BCUT2D eigenvalue weighted by Crippen LogP contribution is -2.42. The molecule has 2 aromatic rings. The van der Waals surface area contributed by atoms with E-state index in [-0.39, 0.29) is 11.3 Å². The highest BCUT2D eigenvalue weighted by atomic mass is 16.5. The Hall–Kier alpha value is -3.23. The lowest BCUT2D eigenvalue weighted by molar-refractivity contribution is -0.140. The van der Waals surface area contributed by atoms with Crippen LogP contribution in [-0.2, 0) is 14.3 Å². The number of hydrogen-bond donors (Lipinski definition) is 1. The number of methoxy groups -OCH3 is 1. The predicted octanol–water partition coefficient (Wildman–Crippen LogP) is 1.84. The second-order valence-corrected chi connectivity index (χ2v) is 7.43. The van der Waals surface area contributed by atoms with Gasteiger partial charge in [0.15, 0.2) is 0 Å². The SMILES string of the molecule is COc1ccc(C(O)=C2C(=O)C(=O)N(CCN3CCOCC3)C2c2ccccn2)cc1. The fourth-order valence-electron chi connectivity index (χ4n) is 3.93. The number of ether oxygens (including phenoxy) is 2. The van der Waals surface area contributed by atoms with Crippen molar-refractivity contribution in [1.29, 1.82) is 0 Å². The maximum Gasteiger partial charge on any atom is 0.295 e. The summed E-state index contributed by atoms with van der Waals surface area (Å²) in [5.74, 6) is -0.917. The number of Topliss-reactive ketones (excluding diaryl/α,β-unsaturated/α-hetero) is 1. The van der Waals surface area contributed by atoms with Gasteiger partial charge in [0, 0.05) is 37.9 Å². The Bertz CT molecular complexity index is 968. The van der Waals surface area contributed by atoms with Crippen LogP contribution in [0.5, 0.6) is 5.75 Å². The maximum atomic E-state index is 13.0. The number of rotatable bonds is 6. The molecule has 2 saturated heterocycles. The number of aromatic nitrogens is 1. The molecule has 8 nitrogen and oxygen atoms in total. The molecule has 2 aliphatic heterocycles. The van der Waals surface area contributed by atoms with Crippen LogP contribution >= 0.6 is 0 Å². The van der Waals surface area contributed by atoms with Crippen LogP contribution in [0.25, 0.3) is 5.76 Å². The van der Waals surface area contributed by atoms with E-state index in [2.05, 4.69) is 9.88 Å². The van der Waals surface area contributed by atoms with E-state index < -0.39 is 17.7 Å². The molecule has 0 aliphatic carbocycles. The van der Waals surface area contributed by atoms with Crippen molar-refractivity contribution in [3.8, 4) is 5.75 Å². The van der Waals surface area contributed by atoms with Gasteiger partial charge in [0.25, 0.3) is 11.7 Å². The Balaban J connectivity index is 1.70. The van der Waals surface area contributed by atoms with Crippen molar-refractivity contribution >= 4 is 17.4 Å². The van der Waals surface area contributed by atoms with Gasteiger partial charge < -0.3 is 19.5 Å². The lowest BCUT2D eigenvalue weighted by Gasteiger charge is -2.30. The number of aliphatic hydroxyl groups is 1. The van der Waals surface area contributed by atoms with Crippen molar-refractivity contribution in [1.82, 2.24) is 14.8 Å². The molecule has 31 heavy (non-hydrogen) atoms. The molecule has 4 rings (SSSR count). The molecule has 0 spiro atoms. The van der Waals surface area contributed by atoms with Crippen molar-refractivity contribution in [2.75, 3.05) is 46.5 Å². The first kappa shape index (κ1) is 21.0. The zero-order chi connectivity index (χ0) is 21.8. The smallest absolute Gasteiger partial charge is 0.295 e.